The van der Waals surface area contributed by atoms with E-state index in [1.807, 2.05) is 41.4 Å². The minimum Gasteiger partial charge on any atom is -0.480 e. The predicted octanol–water partition coefficient (Wildman–Crippen LogP) is 2.13. The molecule has 1 aromatic carbocycles. The van der Waals surface area contributed by atoms with Crippen molar-refractivity contribution in [2.75, 3.05) is 76.7 Å². The average Bonchev–Trinajstić information content (AvgIpc) is 2.92. The van der Waals surface area contributed by atoms with E-state index in [1.54, 1.807) is 13.3 Å². The van der Waals surface area contributed by atoms with E-state index in [-0.39, 0.29) is 6.54 Å². The highest BCUT2D eigenvalue weighted by molar-refractivity contribution is 5.69. The fourth-order valence-electron chi connectivity index (χ4n) is 4.24. The highest BCUT2D eigenvalue weighted by atomic mass is 16.5. The largest absolute Gasteiger partial charge is 0.480 e. The van der Waals surface area contributed by atoms with E-state index >= 15 is 0 Å². The molecule has 0 spiro atoms. The fourth-order valence-corrected chi connectivity index (χ4v) is 4.24. The average molecular weight is 521 g/mol. The zero-order valence-corrected chi connectivity index (χ0v) is 21.8. The van der Waals surface area contributed by atoms with Gasteiger partial charge in [-0.1, -0.05) is 12.1 Å². The molecule has 3 aromatic rings. The van der Waals surface area contributed by atoms with Crippen LogP contribution in [0.15, 0.2) is 54.9 Å². The number of hydrogen-bond donors (Lipinski definition) is 4. The van der Waals surface area contributed by atoms with Gasteiger partial charge in [0.15, 0.2) is 0 Å². The number of rotatable bonds is 14. The van der Waals surface area contributed by atoms with Crippen LogP contribution in [0.3, 0.4) is 0 Å². The van der Waals surface area contributed by atoms with Crippen molar-refractivity contribution >= 4 is 23.4 Å². The summed E-state index contributed by atoms with van der Waals surface area (Å²) in [6.07, 6.45) is 3.55. The first-order chi connectivity index (χ1) is 18.6. The molecular formula is C27H36N8O3. The van der Waals surface area contributed by atoms with Crippen molar-refractivity contribution in [2.24, 2.45) is 0 Å². The van der Waals surface area contributed by atoms with Crippen LogP contribution < -0.4 is 16.0 Å². The number of pyridine rings is 1. The van der Waals surface area contributed by atoms with Crippen molar-refractivity contribution in [2.45, 2.75) is 6.54 Å². The Morgan fingerprint density at radius 2 is 1.87 bits per heavy atom. The number of nitrogens with one attached hydrogen (secondary N) is 3. The summed E-state index contributed by atoms with van der Waals surface area (Å²) in [6, 6.07) is 14.0. The molecule has 1 fully saturated rings. The maximum Gasteiger partial charge on any atom is 0.317 e. The summed E-state index contributed by atoms with van der Waals surface area (Å²) < 4.78 is 5.02. The maximum absolute atomic E-state index is 10.9. The van der Waals surface area contributed by atoms with Crippen molar-refractivity contribution in [3.8, 4) is 11.3 Å². The van der Waals surface area contributed by atoms with Gasteiger partial charge >= 0.3 is 5.97 Å². The van der Waals surface area contributed by atoms with Crippen LogP contribution in [0.2, 0.25) is 0 Å². The Morgan fingerprint density at radius 1 is 1.03 bits per heavy atom. The second kappa shape index (κ2) is 14.3. The first kappa shape index (κ1) is 27.4. The van der Waals surface area contributed by atoms with Gasteiger partial charge < -0.3 is 25.8 Å². The molecule has 1 aliphatic heterocycles. The van der Waals surface area contributed by atoms with Gasteiger partial charge in [0.1, 0.15) is 5.82 Å². The van der Waals surface area contributed by atoms with E-state index in [1.165, 1.54) is 5.56 Å². The Balaban J connectivity index is 1.29. The van der Waals surface area contributed by atoms with Crippen LogP contribution in [-0.4, -0.2) is 102 Å². The minimum atomic E-state index is -0.772. The highest BCUT2D eigenvalue weighted by Crippen LogP contribution is 2.21. The lowest BCUT2D eigenvalue weighted by molar-refractivity contribution is -0.138. The van der Waals surface area contributed by atoms with E-state index in [0.717, 1.165) is 75.1 Å². The van der Waals surface area contributed by atoms with Gasteiger partial charge in [0.05, 0.1) is 18.8 Å². The van der Waals surface area contributed by atoms with E-state index < -0.39 is 5.97 Å². The first-order valence-corrected chi connectivity index (χ1v) is 12.8. The van der Waals surface area contributed by atoms with Gasteiger partial charge in [-0.3, -0.25) is 14.6 Å². The van der Waals surface area contributed by atoms with Crippen molar-refractivity contribution in [3.05, 3.63) is 60.4 Å². The predicted molar refractivity (Wildman–Crippen MR) is 148 cm³/mol. The number of carboxylic acids is 1. The molecule has 11 nitrogen and oxygen atoms in total. The Hall–Kier alpha value is -3.64. The van der Waals surface area contributed by atoms with Crippen LogP contribution in [0, 0.1) is 0 Å². The molecule has 11 heteroatoms. The number of methoxy groups -OCH3 is 1. The van der Waals surface area contributed by atoms with Crippen LogP contribution in [0.4, 0.5) is 17.5 Å². The van der Waals surface area contributed by atoms with Crippen LogP contribution in [0.25, 0.3) is 11.3 Å². The molecular weight excluding hydrogens is 484 g/mol. The number of benzene rings is 1. The molecule has 0 bridgehead atoms. The number of ether oxygens (including phenoxy) is 1. The molecule has 0 atom stereocenters. The molecule has 4 N–H and O–H groups in total. The molecule has 0 radical (unpaired) electrons. The summed E-state index contributed by atoms with van der Waals surface area (Å²) in [4.78, 5) is 28.8. The van der Waals surface area contributed by atoms with Crippen molar-refractivity contribution in [3.63, 3.8) is 0 Å². The van der Waals surface area contributed by atoms with Crippen molar-refractivity contribution < 1.29 is 14.6 Å². The van der Waals surface area contributed by atoms with Gasteiger partial charge in [0, 0.05) is 83.1 Å². The number of carboxylic acid groups (broad SMARTS) is 1. The standard InChI is InChI=1S/C27H36N8O3/c1-38-16-11-28-9-10-29-25-6-5-22(18-31-25)24-7-8-30-27(33-24)32-23-4-2-3-21(17-23)19-34-12-14-35(15-13-34)20-26(36)37/h2-8,17-18,28H,9-16,19-20H2,1H3,(H,29,31)(H,36,37)(H,30,32,33). The van der Waals surface area contributed by atoms with E-state index in [0.29, 0.717) is 12.6 Å². The number of anilines is 3. The molecule has 3 heterocycles. The third kappa shape index (κ3) is 8.73. The third-order valence-corrected chi connectivity index (χ3v) is 6.22. The Morgan fingerprint density at radius 3 is 2.63 bits per heavy atom. The Bertz CT molecular complexity index is 1150. The first-order valence-electron chi connectivity index (χ1n) is 12.8. The minimum absolute atomic E-state index is 0.108. The molecule has 2 aromatic heterocycles. The number of aromatic nitrogens is 3. The highest BCUT2D eigenvalue weighted by Gasteiger charge is 2.18. The van der Waals surface area contributed by atoms with Crippen LogP contribution >= 0.6 is 0 Å². The van der Waals surface area contributed by atoms with Gasteiger partial charge in [-0.05, 0) is 35.9 Å². The monoisotopic (exact) mass is 520 g/mol. The molecule has 0 aliphatic carbocycles. The molecule has 0 amide bonds. The van der Waals surface area contributed by atoms with Crippen LogP contribution in [0.1, 0.15) is 5.56 Å². The Kier molecular flexibility index (Phi) is 10.3. The summed E-state index contributed by atoms with van der Waals surface area (Å²) in [5.74, 6) is 0.563. The Labute approximate surface area is 223 Å². The normalized spacial score (nSPS) is 14.3. The molecule has 4 rings (SSSR count). The number of hydrogen-bond acceptors (Lipinski definition) is 10. The SMILES string of the molecule is COCCNCCNc1ccc(-c2ccnc(Nc3cccc(CN4CCN(CC(=O)O)CC4)c3)n2)cn1. The van der Waals surface area contributed by atoms with E-state index in [9.17, 15) is 4.79 Å². The second-order valence-corrected chi connectivity index (χ2v) is 9.14. The zero-order chi connectivity index (χ0) is 26.6. The number of nitrogens with zero attached hydrogens (tertiary/aromatic N) is 5. The van der Waals surface area contributed by atoms with Gasteiger partial charge in [0.25, 0.3) is 0 Å². The molecule has 1 saturated heterocycles. The van der Waals surface area contributed by atoms with Gasteiger partial charge in [-0.15, -0.1) is 0 Å². The number of piperazine rings is 1. The van der Waals surface area contributed by atoms with Crippen molar-refractivity contribution in [1.29, 1.82) is 0 Å². The maximum atomic E-state index is 10.9. The molecule has 202 valence electrons. The van der Waals surface area contributed by atoms with Gasteiger partial charge in [-0.2, -0.15) is 0 Å². The van der Waals surface area contributed by atoms with E-state index in [4.69, 9.17) is 9.84 Å². The lowest BCUT2D eigenvalue weighted by Crippen LogP contribution is -2.47. The van der Waals surface area contributed by atoms with E-state index in [2.05, 4.69) is 47.9 Å². The lowest BCUT2D eigenvalue weighted by Gasteiger charge is -2.33. The van der Waals surface area contributed by atoms with Gasteiger partial charge in [-0.25, -0.2) is 15.0 Å². The van der Waals surface area contributed by atoms with Gasteiger partial charge in [0.2, 0.25) is 5.95 Å². The molecule has 0 unspecified atom stereocenters. The smallest absolute Gasteiger partial charge is 0.317 e. The summed E-state index contributed by atoms with van der Waals surface area (Å²) in [7, 11) is 1.69. The number of carbonyl (C=O) groups is 1. The number of aliphatic carboxylic acids is 1. The van der Waals surface area contributed by atoms with Crippen LogP contribution in [-0.2, 0) is 16.1 Å². The summed E-state index contributed by atoms with van der Waals surface area (Å²) in [6.45, 7) is 7.29. The third-order valence-electron chi connectivity index (χ3n) is 6.22. The fraction of sp³-hybridized carbons (Fsp3) is 0.407. The topological polar surface area (TPSA) is 128 Å². The molecule has 0 saturated carbocycles. The summed E-state index contributed by atoms with van der Waals surface area (Å²) in [5, 5.41) is 18.9. The lowest BCUT2D eigenvalue weighted by atomic mass is 10.1. The molecule has 38 heavy (non-hydrogen) atoms. The quantitative estimate of drug-likeness (QED) is 0.233. The second-order valence-electron chi connectivity index (χ2n) is 9.14. The van der Waals surface area contributed by atoms with Crippen LogP contribution in [0.5, 0.6) is 0 Å². The summed E-state index contributed by atoms with van der Waals surface area (Å²) >= 11 is 0. The zero-order valence-electron chi connectivity index (χ0n) is 21.8. The summed E-state index contributed by atoms with van der Waals surface area (Å²) in [5.41, 5.74) is 3.80. The molecule has 1 aliphatic rings. The van der Waals surface area contributed by atoms with Crippen molar-refractivity contribution in [1.82, 2.24) is 30.1 Å².